The molecule has 0 unspecified atom stereocenters. The van der Waals surface area contributed by atoms with Crippen LogP contribution in [0.15, 0.2) is 61.1 Å². The number of aromatic nitrogens is 6. The van der Waals surface area contributed by atoms with Crippen molar-refractivity contribution < 1.29 is 9.47 Å². The van der Waals surface area contributed by atoms with Crippen LogP contribution in [0.3, 0.4) is 0 Å². The van der Waals surface area contributed by atoms with Crippen LogP contribution in [0.1, 0.15) is 17.1 Å². The largest absolute Gasteiger partial charge is 0.497 e. The maximum Gasteiger partial charge on any atom is 0.186 e. The Labute approximate surface area is 204 Å². The molecule has 0 saturated carbocycles. The number of methoxy groups -OCH3 is 2. The van der Waals surface area contributed by atoms with Gasteiger partial charge in [-0.05, 0) is 49.4 Å². The van der Waals surface area contributed by atoms with Gasteiger partial charge in [-0.2, -0.15) is 5.10 Å². The van der Waals surface area contributed by atoms with Crippen molar-refractivity contribution >= 4 is 13.6 Å². The molecule has 35 heavy (non-hydrogen) atoms. The summed E-state index contributed by atoms with van der Waals surface area (Å²) in [5.41, 5.74) is 6.23. The topological polar surface area (TPSA) is 93.5 Å². The monoisotopic (exact) mass is 467 g/mol. The van der Waals surface area contributed by atoms with Gasteiger partial charge in [-0.3, -0.25) is 4.98 Å². The van der Waals surface area contributed by atoms with E-state index >= 15 is 0 Å². The van der Waals surface area contributed by atoms with Crippen molar-refractivity contribution in [3.8, 4) is 34.1 Å². The van der Waals surface area contributed by atoms with Gasteiger partial charge < -0.3 is 19.3 Å². The minimum absolute atomic E-state index is 0.602. The summed E-state index contributed by atoms with van der Waals surface area (Å²) in [5.74, 6) is 2.45. The van der Waals surface area contributed by atoms with E-state index in [4.69, 9.17) is 19.4 Å². The smallest absolute Gasteiger partial charge is 0.186 e. The molecule has 0 atom stereocenters. The van der Waals surface area contributed by atoms with Crippen molar-refractivity contribution in [2.75, 3.05) is 14.2 Å². The fraction of sp³-hybridized carbons (Fsp3) is 0.200. The van der Waals surface area contributed by atoms with Crippen molar-refractivity contribution in [2.24, 2.45) is 0 Å². The van der Waals surface area contributed by atoms with Crippen LogP contribution < -0.4 is 9.47 Å². The Morgan fingerprint density at radius 2 is 1.91 bits per heavy atom. The molecule has 0 saturated heterocycles. The molecule has 0 bridgehead atoms. The highest BCUT2D eigenvalue weighted by Crippen LogP contribution is 2.30. The first-order valence-electron chi connectivity index (χ1n) is 11.3. The number of rotatable bonds is 8. The second-order valence-electron chi connectivity index (χ2n) is 8.40. The van der Waals surface area contributed by atoms with Crippen LogP contribution >= 0.6 is 0 Å². The predicted octanol–water partition coefficient (Wildman–Crippen LogP) is 3.06. The number of imidazole rings is 1. The Morgan fingerprint density at radius 1 is 1.03 bits per heavy atom. The number of nitrogens with one attached hydrogen (secondary N) is 1. The van der Waals surface area contributed by atoms with Crippen LogP contribution in [0.4, 0.5) is 0 Å². The summed E-state index contributed by atoms with van der Waals surface area (Å²) < 4.78 is 12.7. The second kappa shape index (κ2) is 9.59. The number of fused-ring (bicyclic) bond motifs is 1. The standard InChI is InChI=1S/C25H26BN7O2/c1-16-5-4-6-20(29-16)25-24(17-7-10-23-27-15-28-33(23)13-17)30-22(31-25)14-32(26)12-18-11-19(34-2)8-9-21(18)35-3/h4-11,13,15H,12,14,26H2,1-3H3,(H,30,31). The predicted molar refractivity (Wildman–Crippen MR) is 136 cm³/mol. The zero-order chi connectivity index (χ0) is 24.4. The lowest BCUT2D eigenvalue weighted by Gasteiger charge is -2.18. The number of hydrogen-bond acceptors (Lipinski definition) is 7. The molecule has 9 nitrogen and oxygen atoms in total. The average Bonchev–Trinajstić information content (AvgIpc) is 3.50. The van der Waals surface area contributed by atoms with Crippen LogP contribution in [-0.2, 0) is 13.1 Å². The van der Waals surface area contributed by atoms with Gasteiger partial charge in [0.15, 0.2) is 13.6 Å². The molecule has 0 radical (unpaired) electrons. The van der Waals surface area contributed by atoms with Crippen molar-refractivity contribution in [2.45, 2.75) is 20.0 Å². The molecule has 0 aliphatic heterocycles. The molecule has 5 aromatic rings. The molecule has 176 valence electrons. The molecule has 5 rings (SSSR count). The maximum absolute atomic E-state index is 5.55. The molecular weight excluding hydrogens is 441 g/mol. The number of aryl methyl sites for hydroxylation is 1. The van der Waals surface area contributed by atoms with E-state index in [1.54, 1.807) is 25.1 Å². The zero-order valence-corrected chi connectivity index (χ0v) is 20.2. The third-order valence-corrected chi connectivity index (χ3v) is 5.79. The van der Waals surface area contributed by atoms with E-state index in [2.05, 4.69) is 19.9 Å². The number of pyridine rings is 2. The highest BCUT2D eigenvalue weighted by molar-refractivity contribution is 6.04. The second-order valence-corrected chi connectivity index (χ2v) is 8.40. The number of aromatic amines is 1. The summed E-state index contributed by atoms with van der Waals surface area (Å²) in [6.07, 6.45) is 3.49. The Kier molecular flexibility index (Phi) is 6.20. The number of ether oxygens (including phenoxy) is 2. The minimum Gasteiger partial charge on any atom is -0.497 e. The summed E-state index contributed by atoms with van der Waals surface area (Å²) in [7, 11) is 5.39. The highest BCUT2D eigenvalue weighted by Gasteiger charge is 2.18. The summed E-state index contributed by atoms with van der Waals surface area (Å²) in [5, 5.41) is 4.28. The van der Waals surface area contributed by atoms with Crippen molar-refractivity contribution in [1.29, 1.82) is 0 Å². The fourth-order valence-electron chi connectivity index (χ4n) is 4.14. The Hall–Kier alpha value is -4.18. The van der Waals surface area contributed by atoms with Crippen molar-refractivity contribution in [1.82, 2.24) is 34.4 Å². The molecular formula is C25H26BN7O2. The lowest BCUT2D eigenvalue weighted by molar-refractivity contribution is 0.379. The summed E-state index contributed by atoms with van der Waals surface area (Å²) in [6.45, 7) is 3.25. The van der Waals surface area contributed by atoms with E-state index in [1.807, 2.05) is 69.6 Å². The van der Waals surface area contributed by atoms with E-state index in [1.165, 1.54) is 0 Å². The van der Waals surface area contributed by atoms with Crippen LogP contribution in [0, 0.1) is 6.92 Å². The quantitative estimate of drug-likeness (QED) is 0.351. The van der Waals surface area contributed by atoms with Gasteiger partial charge in [0, 0.05) is 36.1 Å². The van der Waals surface area contributed by atoms with Gasteiger partial charge in [0.05, 0.1) is 25.6 Å². The van der Waals surface area contributed by atoms with Gasteiger partial charge in [0.25, 0.3) is 0 Å². The fourth-order valence-corrected chi connectivity index (χ4v) is 4.14. The normalized spacial score (nSPS) is 11.3. The Balaban J connectivity index is 1.48. The molecule has 1 N–H and O–H groups in total. The van der Waals surface area contributed by atoms with Gasteiger partial charge >= 0.3 is 0 Å². The molecule has 0 fully saturated rings. The minimum atomic E-state index is 0.602. The zero-order valence-electron chi connectivity index (χ0n) is 20.2. The molecule has 1 aromatic carbocycles. The van der Waals surface area contributed by atoms with Gasteiger partial charge in [-0.1, -0.05) is 6.07 Å². The highest BCUT2D eigenvalue weighted by atomic mass is 16.5. The maximum atomic E-state index is 5.55. The SMILES string of the molecule is BN(Cc1nc(-c2cccc(C)n2)c(-c2ccc3ncnn3c2)[nH]1)Cc1cc(OC)ccc1OC. The first-order valence-corrected chi connectivity index (χ1v) is 11.3. The Bertz CT molecular complexity index is 1480. The van der Waals surface area contributed by atoms with Crippen molar-refractivity contribution in [3.63, 3.8) is 0 Å². The lowest BCUT2D eigenvalue weighted by Crippen LogP contribution is -2.20. The first kappa shape index (κ1) is 22.6. The third kappa shape index (κ3) is 4.74. The molecule has 10 heteroatoms. The van der Waals surface area contributed by atoms with E-state index < -0.39 is 0 Å². The van der Waals surface area contributed by atoms with E-state index in [9.17, 15) is 0 Å². The van der Waals surface area contributed by atoms with Crippen LogP contribution in [0.5, 0.6) is 11.5 Å². The molecule has 0 spiro atoms. The number of H-pyrrole nitrogens is 1. The van der Waals surface area contributed by atoms with E-state index in [0.29, 0.717) is 13.1 Å². The third-order valence-electron chi connectivity index (χ3n) is 5.79. The summed E-state index contributed by atoms with van der Waals surface area (Å²) in [4.78, 5) is 19.6. The lowest BCUT2D eigenvalue weighted by atomic mass is 10.1. The molecule has 0 amide bonds. The first-order chi connectivity index (χ1) is 17.0. The number of benzene rings is 1. The molecule has 4 aromatic heterocycles. The van der Waals surface area contributed by atoms with Crippen molar-refractivity contribution in [3.05, 3.63) is 78.1 Å². The molecule has 4 heterocycles. The summed E-state index contributed by atoms with van der Waals surface area (Å²) in [6, 6.07) is 15.7. The van der Waals surface area contributed by atoms with Crippen LogP contribution in [-0.4, -0.2) is 56.6 Å². The molecule has 0 aliphatic rings. The van der Waals surface area contributed by atoms with Gasteiger partial charge in [-0.15, -0.1) is 0 Å². The summed E-state index contributed by atoms with van der Waals surface area (Å²) >= 11 is 0. The van der Waals surface area contributed by atoms with Crippen LogP contribution in [0.25, 0.3) is 28.3 Å². The number of nitrogens with zero attached hydrogens (tertiary/aromatic N) is 6. The van der Waals surface area contributed by atoms with E-state index in [0.717, 1.165) is 56.9 Å². The van der Waals surface area contributed by atoms with Gasteiger partial charge in [0.2, 0.25) is 0 Å². The van der Waals surface area contributed by atoms with E-state index in [-0.39, 0.29) is 0 Å². The Morgan fingerprint density at radius 3 is 2.71 bits per heavy atom. The van der Waals surface area contributed by atoms with Gasteiger partial charge in [-0.25, -0.2) is 14.5 Å². The molecule has 0 aliphatic carbocycles. The van der Waals surface area contributed by atoms with Gasteiger partial charge in [0.1, 0.15) is 29.3 Å². The number of hydrogen-bond donors (Lipinski definition) is 1. The average molecular weight is 467 g/mol. The van der Waals surface area contributed by atoms with Crippen LogP contribution in [0.2, 0.25) is 0 Å².